The molecule has 1 heterocycles. The first kappa shape index (κ1) is 13.5. The Labute approximate surface area is 111 Å². The summed E-state index contributed by atoms with van der Waals surface area (Å²) in [5, 5.41) is 0.566. The van der Waals surface area contributed by atoms with Crippen LogP contribution < -0.4 is 16.1 Å². The number of nitrogens with one attached hydrogen (secondary N) is 2. The zero-order valence-corrected chi connectivity index (χ0v) is 11.4. The van der Waals surface area contributed by atoms with Gasteiger partial charge in [0.1, 0.15) is 0 Å². The van der Waals surface area contributed by atoms with E-state index in [-0.39, 0.29) is 11.2 Å². The fourth-order valence-corrected chi connectivity index (χ4v) is 2.28. The Kier molecular flexibility index (Phi) is 4.16. The van der Waals surface area contributed by atoms with Crippen LogP contribution in [-0.4, -0.2) is 29.2 Å². The number of fused-ring (bicyclic) bond motifs is 1. The molecule has 5 heteroatoms. The molecule has 19 heavy (non-hydrogen) atoms. The van der Waals surface area contributed by atoms with Crippen LogP contribution in [0.15, 0.2) is 33.9 Å². The summed E-state index contributed by atoms with van der Waals surface area (Å²) in [5.41, 5.74) is 0.0742. The zero-order chi connectivity index (χ0) is 13.8. The van der Waals surface area contributed by atoms with Gasteiger partial charge in [-0.1, -0.05) is 12.1 Å². The van der Waals surface area contributed by atoms with Gasteiger partial charge in [0.2, 0.25) is 0 Å². The second-order valence-electron chi connectivity index (χ2n) is 4.64. The Hall–Kier alpha value is -1.88. The van der Waals surface area contributed by atoms with Crippen LogP contribution in [0.25, 0.3) is 10.9 Å². The molecule has 0 aliphatic heterocycles. The third-order valence-electron chi connectivity index (χ3n) is 3.58. The van der Waals surface area contributed by atoms with Crippen LogP contribution in [0.3, 0.4) is 0 Å². The minimum absolute atomic E-state index is 0.203. The third-order valence-corrected chi connectivity index (χ3v) is 3.58. The van der Waals surface area contributed by atoms with E-state index in [9.17, 15) is 9.59 Å². The molecule has 0 aliphatic carbocycles. The molecule has 0 saturated carbocycles. The maximum absolute atomic E-state index is 12.3. The van der Waals surface area contributed by atoms with Crippen molar-refractivity contribution < 1.29 is 4.90 Å². The van der Waals surface area contributed by atoms with E-state index in [0.717, 1.165) is 19.6 Å². The highest BCUT2D eigenvalue weighted by atomic mass is 16.2. The number of aromatic nitrogens is 2. The maximum atomic E-state index is 12.3. The molecule has 0 unspecified atom stereocenters. The molecule has 0 radical (unpaired) electrons. The van der Waals surface area contributed by atoms with Crippen molar-refractivity contribution in [1.82, 2.24) is 9.55 Å². The molecular formula is C14H20N3O2+. The lowest BCUT2D eigenvalue weighted by Gasteiger charge is -2.15. The molecule has 2 N–H and O–H groups in total. The molecule has 0 spiro atoms. The molecule has 2 rings (SSSR count). The summed E-state index contributed by atoms with van der Waals surface area (Å²) in [7, 11) is 0. The molecule has 2 aromatic rings. The van der Waals surface area contributed by atoms with Crippen LogP contribution in [0.2, 0.25) is 0 Å². The van der Waals surface area contributed by atoms with Crippen LogP contribution in [-0.2, 0) is 6.54 Å². The van der Waals surface area contributed by atoms with Crippen LogP contribution in [0.4, 0.5) is 0 Å². The van der Waals surface area contributed by atoms with Crippen LogP contribution >= 0.6 is 0 Å². The van der Waals surface area contributed by atoms with Gasteiger partial charge in [0.25, 0.3) is 5.56 Å². The molecular weight excluding hydrogens is 242 g/mol. The number of H-pyrrole nitrogens is 1. The number of rotatable bonds is 5. The van der Waals surface area contributed by atoms with Gasteiger partial charge in [-0.3, -0.25) is 9.36 Å². The van der Waals surface area contributed by atoms with Gasteiger partial charge in [0.05, 0.1) is 37.1 Å². The molecule has 1 aromatic heterocycles. The molecule has 1 aromatic carbocycles. The second kappa shape index (κ2) is 5.84. The molecule has 5 nitrogen and oxygen atoms in total. The first-order valence-corrected chi connectivity index (χ1v) is 6.72. The van der Waals surface area contributed by atoms with Gasteiger partial charge in [0.15, 0.2) is 0 Å². The average Bonchev–Trinajstić information content (AvgIpc) is 2.43. The van der Waals surface area contributed by atoms with Crippen molar-refractivity contribution in [1.29, 1.82) is 0 Å². The van der Waals surface area contributed by atoms with Gasteiger partial charge >= 0.3 is 5.69 Å². The quantitative estimate of drug-likeness (QED) is 0.771. The Morgan fingerprint density at radius 3 is 2.53 bits per heavy atom. The van der Waals surface area contributed by atoms with Gasteiger partial charge in [-0.05, 0) is 26.0 Å². The number of hydrogen-bond acceptors (Lipinski definition) is 2. The van der Waals surface area contributed by atoms with Gasteiger partial charge < -0.3 is 9.88 Å². The summed E-state index contributed by atoms with van der Waals surface area (Å²) in [4.78, 5) is 28.3. The van der Waals surface area contributed by atoms with Crippen molar-refractivity contribution >= 4 is 10.9 Å². The SMILES string of the molecule is CC[NH+](CC)CCn1c(=O)[nH]c2ccccc2c1=O. The van der Waals surface area contributed by atoms with Crippen molar-refractivity contribution in [2.45, 2.75) is 20.4 Å². The van der Waals surface area contributed by atoms with E-state index in [1.807, 2.05) is 12.1 Å². The number of hydrogen-bond donors (Lipinski definition) is 2. The van der Waals surface area contributed by atoms with E-state index in [1.54, 1.807) is 12.1 Å². The normalized spacial score (nSPS) is 11.3. The fourth-order valence-electron chi connectivity index (χ4n) is 2.28. The predicted octanol–water partition coefficient (Wildman–Crippen LogP) is -0.385. The highest BCUT2D eigenvalue weighted by molar-refractivity contribution is 5.76. The van der Waals surface area contributed by atoms with Crippen molar-refractivity contribution in [3.05, 3.63) is 45.1 Å². The third kappa shape index (κ3) is 2.76. The lowest BCUT2D eigenvalue weighted by Crippen LogP contribution is -3.11. The smallest absolute Gasteiger partial charge is 0.329 e. The van der Waals surface area contributed by atoms with E-state index in [1.165, 1.54) is 9.47 Å². The Morgan fingerprint density at radius 2 is 1.84 bits per heavy atom. The Bertz CT molecular complexity index is 668. The minimum atomic E-state index is -0.324. The predicted molar refractivity (Wildman–Crippen MR) is 75.7 cm³/mol. The number of benzene rings is 1. The van der Waals surface area contributed by atoms with Crippen LogP contribution in [0, 0.1) is 0 Å². The molecule has 0 aliphatic rings. The van der Waals surface area contributed by atoms with E-state index < -0.39 is 0 Å². The average molecular weight is 262 g/mol. The van der Waals surface area contributed by atoms with Gasteiger partial charge in [0, 0.05) is 0 Å². The van der Waals surface area contributed by atoms with E-state index in [0.29, 0.717) is 17.4 Å². The highest BCUT2D eigenvalue weighted by Crippen LogP contribution is 2.02. The molecule has 102 valence electrons. The van der Waals surface area contributed by atoms with Gasteiger partial charge in [-0.15, -0.1) is 0 Å². The number of quaternary nitrogens is 1. The summed E-state index contributed by atoms with van der Waals surface area (Å²) in [6.07, 6.45) is 0. The standard InChI is InChI=1S/C14H19N3O2/c1-3-16(4-2)9-10-17-13(18)11-7-5-6-8-12(11)15-14(17)19/h5-8H,3-4,9-10H2,1-2H3,(H,15,19)/p+1. The lowest BCUT2D eigenvalue weighted by atomic mass is 10.2. The number of aromatic amines is 1. The Morgan fingerprint density at radius 1 is 1.16 bits per heavy atom. The van der Waals surface area contributed by atoms with E-state index in [2.05, 4.69) is 18.8 Å². The zero-order valence-electron chi connectivity index (χ0n) is 11.4. The van der Waals surface area contributed by atoms with Crippen molar-refractivity contribution in [3.8, 4) is 0 Å². The minimum Gasteiger partial charge on any atom is -0.334 e. The fraction of sp³-hybridized carbons (Fsp3) is 0.429. The van der Waals surface area contributed by atoms with Gasteiger partial charge in [-0.2, -0.15) is 0 Å². The first-order valence-electron chi connectivity index (χ1n) is 6.72. The monoisotopic (exact) mass is 262 g/mol. The largest absolute Gasteiger partial charge is 0.334 e. The summed E-state index contributed by atoms with van der Waals surface area (Å²) < 4.78 is 1.30. The van der Waals surface area contributed by atoms with Crippen LogP contribution in [0.1, 0.15) is 13.8 Å². The summed E-state index contributed by atoms with van der Waals surface area (Å²) in [6.45, 7) is 7.44. The van der Waals surface area contributed by atoms with Crippen molar-refractivity contribution in [3.63, 3.8) is 0 Å². The van der Waals surface area contributed by atoms with Crippen LogP contribution in [0.5, 0.6) is 0 Å². The lowest BCUT2D eigenvalue weighted by molar-refractivity contribution is -0.897. The highest BCUT2D eigenvalue weighted by Gasteiger charge is 2.09. The molecule has 0 saturated heterocycles. The molecule has 0 fully saturated rings. The number of nitrogens with zero attached hydrogens (tertiary/aromatic N) is 1. The maximum Gasteiger partial charge on any atom is 0.329 e. The van der Waals surface area contributed by atoms with Crippen molar-refractivity contribution in [2.75, 3.05) is 19.6 Å². The Balaban J connectivity index is 2.38. The van der Waals surface area contributed by atoms with Crippen molar-refractivity contribution in [2.24, 2.45) is 0 Å². The molecule has 0 amide bonds. The summed E-state index contributed by atoms with van der Waals surface area (Å²) >= 11 is 0. The molecule has 0 bridgehead atoms. The first-order chi connectivity index (χ1) is 9.17. The topological polar surface area (TPSA) is 59.3 Å². The summed E-state index contributed by atoms with van der Waals surface area (Å²) in [5.74, 6) is 0. The number of likely N-dealkylation sites (N-methyl/N-ethyl adjacent to an activating group) is 1. The summed E-state index contributed by atoms with van der Waals surface area (Å²) in [6, 6.07) is 7.11. The molecule has 0 atom stereocenters. The van der Waals surface area contributed by atoms with Gasteiger partial charge in [-0.25, -0.2) is 4.79 Å². The number of para-hydroxylation sites is 1. The van der Waals surface area contributed by atoms with E-state index in [4.69, 9.17) is 0 Å². The second-order valence-corrected chi connectivity index (χ2v) is 4.64. The van der Waals surface area contributed by atoms with E-state index >= 15 is 0 Å².